The van der Waals surface area contributed by atoms with Gasteiger partial charge >= 0.3 is 12.0 Å². The number of carbonyl (C=O) groups excluding carboxylic acids is 3. The average Bonchev–Trinajstić information content (AvgIpc) is 3.22. The van der Waals surface area contributed by atoms with E-state index in [0.29, 0.717) is 22.1 Å². The van der Waals surface area contributed by atoms with E-state index in [0.717, 1.165) is 6.42 Å². The largest absolute Gasteiger partial charge is 0.477 e. The van der Waals surface area contributed by atoms with Crippen LogP contribution in [0.1, 0.15) is 27.2 Å². The van der Waals surface area contributed by atoms with Gasteiger partial charge in [0.15, 0.2) is 0 Å². The Kier molecular flexibility index (Phi) is 7.99. The van der Waals surface area contributed by atoms with Gasteiger partial charge in [-0.1, -0.05) is 6.92 Å². The molecular formula is C20H30N4O7S2. The maximum Gasteiger partial charge on any atom is 0.353 e. The summed E-state index contributed by atoms with van der Waals surface area (Å²) in [5.74, 6) is -2.23. The third kappa shape index (κ3) is 5.02. The van der Waals surface area contributed by atoms with Crippen molar-refractivity contribution in [2.24, 2.45) is 17.6 Å². The summed E-state index contributed by atoms with van der Waals surface area (Å²) < 4.78 is 0. The second-order valence-corrected chi connectivity index (χ2v) is 11.0. The van der Waals surface area contributed by atoms with Crippen LogP contribution in [0.25, 0.3) is 0 Å². The second kappa shape index (κ2) is 10.2. The van der Waals surface area contributed by atoms with Gasteiger partial charge in [-0.3, -0.25) is 9.59 Å². The average molecular weight is 503 g/mol. The first-order valence-electron chi connectivity index (χ1n) is 10.7. The van der Waals surface area contributed by atoms with Crippen LogP contribution in [0.3, 0.4) is 0 Å². The van der Waals surface area contributed by atoms with Crippen LogP contribution < -0.4 is 11.1 Å². The van der Waals surface area contributed by atoms with E-state index in [9.17, 15) is 34.5 Å². The number of amides is 4. The molecule has 0 aromatic heterocycles. The van der Waals surface area contributed by atoms with E-state index in [2.05, 4.69) is 5.32 Å². The molecule has 4 amide bonds. The van der Waals surface area contributed by atoms with E-state index in [4.69, 9.17) is 5.73 Å². The van der Waals surface area contributed by atoms with Gasteiger partial charge in [0, 0.05) is 34.4 Å². The van der Waals surface area contributed by atoms with Crippen molar-refractivity contribution in [1.29, 1.82) is 0 Å². The number of urea groups is 1. The van der Waals surface area contributed by atoms with Gasteiger partial charge in [-0.15, -0.1) is 11.8 Å². The fourth-order valence-electron chi connectivity index (χ4n) is 4.73. The minimum Gasteiger partial charge on any atom is -0.477 e. The number of thioether (sulfide) groups is 2. The number of carboxylic acid groups (broad SMARTS) is 1. The smallest absolute Gasteiger partial charge is 0.353 e. The number of primary amides is 1. The summed E-state index contributed by atoms with van der Waals surface area (Å²) in [6, 6.07) is -1.25. The molecule has 13 heteroatoms. The van der Waals surface area contributed by atoms with Gasteiger partial charge in [-0.05, 0) is 20.3 Å². The minimum atomic E-state index is -1.29. The van der Waals surface area contributed by atoms with Gasteiger partial charge < -0.3 is 31.3 Å². The Morgan fingerprint density at radius 3 is 2.52 bits per heavy atom. The standard InChI is InChI=1S/C20H30N4O7S2/c1-8-15-14(9(2)25)18(28)24(15)16(19(29)30)17(8)33-12-4-11(22-5-12)6-32-7-13(27)23(10(3)26)20(21)31/h8-12,14-15,22,25-26H,4-7H2,1-3H3,(H2,21,31)(H,29,30)/t8-,9-,10?,11+,12+,14-,15-/m1/s1. The molecule has 0 bridgehead atoms. The highest BCUT2D eigenvalue weighted by molar-refractivity contribution is 8.03. The molecule has 0 radical (unpaired) electrons. The lowest BCUT2D eigenvalue weighted by molar-refractivity contribution is -0.163. The second-order valence-electron chi connectivity index (χ2n) is 8.60. The number of β-lactam (4-membered cyclic amide) rings is 1. The summed E-state index contributed by atoms with van der Waals surface area (Å²) in [6.07, 6.45) is -1.39. The van der Waals surface area contributed by atoms with Gasteiger partial charge in [-0.2, -0.15) is 11.8 Å². The Morgan fingerprint density at radius 2 is 1.97 bits per heavy atom. The van der Waals surface area contributed by atoms with Crippen molar-refractivity contribution in [1.82, 2.24) is 15.1 Å². The number of hydrogen-bond donors (Lipinski definition) is 5. The molecule has 0 aromatic carbocycles. The van der Waals surface area contributed by atoms with Crippen LogP contribution in [-0.4, -0.2) is 96.7 Å². The number of nitrogens with one attached hydrogen (secondary N) is 1. The van der Waals surface area contributed by atoms with Crippen LogP contribution >= 0.6 is 23.5 Å². The van der Waals surface area contributed by atoms with E-state index in [1.165, 1.54) is 35.3 Å². The quantitative estimate of drug-likeness (QED) is 0.206. The molecule has 3 rings (SSSR count). The normalized spacial score (nSPS) is 30.6. The number of carbonyl (C=O) groups is 4. The van der Waals surface area contributed by atoms with Crippen molar-refractivity contribution >= 4 is 47.3 Å². The Labute approximate surface area is 200 Å². The molecule has 0 saturated carbocycles. The SMILES string of the molecule is CC(O)N(C(N)=O)C(=O)CSC[C@@H]1C[C@H](SC2=C(C(=O)O)N3C(=O)[C@H]([C@@H](C)O)[C@H]3[C@H]2C)CN1. The van der Waals surface area contributed by atoms with Crippen LogP contribution in [0.2, 0.25) is 0 Å². The zero-order valence-electron chi connectivity index (χ0n) is 18.6. The number of hydrogen-bond acceptors (Lipinski definition) is 9. The molecule has 2 fully saturated rings. The van der Waals surface area contributed by atoms with Crippen LogP contribution in [0, 0.1) is 11.8 Å². The number of nitrogens with two attached hydrogens (primary N) is 1. The molecule has 0 aromatic rings. The molecule has 2 saturated heterocycles. The maximum absolute atomic E-state index is 12.5. The van der Waals surface area contributed by atoms with Gasteiger partial charge in [0.05, 0.1) is 23.8 Å². The number of fused-ring (bicyclic) bond motifs is 1. The molecular weight excluding hydrogens is 472 g/mol. The van der Waals surface area contributed by atoms with Crippen LogP contribution in [0.5, 0.6) is 0 Å². The first kappa shape index (κ1) is 25.8. The van der Waals surface area contributed by atoms with Gasteiger partial charge in [0.1, 0.15) is 11.9 Å². The molecule has 11 nitrogen and oxygen atoms in total. The van der Waals surface area contributed by atoms with E-state index < -0.39 is 36.2 Å². The molecule has 184 valence electrons. The number of aliphatic hydroxyl groups excluding tert-OH is 2. The predicted octanol–water partition coefficient (Wildman–Crippen LogP) is -0.417. The van der Waals surface area contributed by atoms with Crippen molar-refractivity contribution in [2.75, 3.05) is 18.1 Å². The lowest BCUT2D eigenvalue weighted by Gasteiger charge is -2.46. The molecule has 33 heavy (non-hydrogen) atoms. The molecule has 7 atom stereocenters. The molecule has 3 aliphatic rings. The maximum atomic E-state index is 12.5. The van der Waals surface area contributed by atoms with E-state index >= 15 is 0 Å². The fourth-order valence-corrected chi connectivity index (χ4v) is 7.22. The lowest BCUT2D eigenvalue weighted by Crippen LogP contribution is -2.63. The zero-order chi connectivity index (χ0) is 24.6. The van der Waals surface area contributed by atoms with Crippen molar-refractivity contribution in [3.63, 3.8) is 0 Å². The van der Waals surface area contributed by atoms with Gasteiger partial charge in [0.25, 0.3) is 0 Å². The number of carboxylic acids is 1. The Morgan fingerprint density at radius 1 is 1.30 bits per heavy atom. The lowest BCUT2D eigenvalue weighted by atomic mass is 9.79. The molecule has 6 N–H and O–H groups in total. The summed E-state index contributed by atoms with van der Waals surface area (Å²) in [6.45, 7) is 5.38. The highest BCUT2D eigenvalue weighted by Gasteiger charge is 2.60. The zero-order valence-corrected chi connectivity index (χ0v) is 20.3. The van der Waals surface area contributed by atoms with Crippen molar-refractivity contribution in [2.45, 2.75) is 56.9 Å². The van der Waals surface area contributed by atoms with Gasteiger partial charge in [0.2, 0.25) is 11.8 Å². The topological polar surface area (TPSA) is 173 Å². The Balaban J connectivity index is 1.56. The summed E-state index contributed by atoms with van der Waals surface area (Å²) in [5, 5.41) is 32.7. The monoisotopic (exact) mass is 502 g/mol. The molecule has 0 spiro atoms. The number of aliphatic hydroxyl groups is 2. The third-order valence-corrected chi connectivity index (χ3v) is 8.81. The van der Waals surface area contributed by atoms with Crippen molar-refractivity contribution < 1.29 is 34.5 Å². The highest BCUT2D eigenvalue weighted by atomic mass is 32.2. The first-order valence-corrected chi connectivity index (χ1v) is 12.7. The van der Waals surface area contributed by atoms with E-state index in [1.807, 2.05) is 6.92 Å². The summed E-state index contributed by atoms with van der Waals surface area (Å²) in [7, 11) is 0. The highest BCUT2D eigenvalue weighted by Crippen LogP contribution is 2.51. The van der Waals surface area contributed by atoms with Crippen molar-refractivity contribution in [3.05, 3.63) is 10.6 Å². The summed E-state index contributed by atoms with van der Waals surface area (Å²) in [5.41, 5.74) is 5.15. The number of aliphatic carboxylic acids is 1. The molecule has 3 aliphatic heterocycles. The van der Waals surface area contributed by atoms with E-state index in [-0.39, 0.29) is 40.6 Å². The molecule has 1 unspecified atom stereocenters. The number of rotatable bonds is 9. The van der Waals surface area contributed by atoms with Crippen LogP contribution in [0.15, 0.2) is 10.6 Å². The predicted molar refractivity (Wildman–Crippen MR) is 123 cm³/mol. The van der Waals surface area contributed by atoms with E-state index in [1.54, 1.807) is 6.92 Å². The summed E-state index contributed by atoms with van der Waals surface area (Å²) >= 11 is 2.78. The first-order chi connectivity index (χ1) is 15.5. The molecule has 0 aliphatic carbocycles. The Hall–Kier alpha value is -1.80. The third-order valence-electron chi connectivity index (χ3n) is 6.21. The number of imide groups is 1. The van der Waals surface area contributed by atoms with Crippen LogP contribution in [0.4, 0.5) is 4.79 Å². The minimum absolute atomic E-state index is 0.00529. The van der Waals surface area contributed by atoms with Gasteiger partial charge in [-0.25, -0.2) is 14.5 Å². The summed E-state index contributed by atoms with van der Waals surface area (Å²) in [4.78, 5) is 50.4. The Bertz CT molecular complexity index is 865. The molecule has 3 heterocycles. The van der Waals surface area contributed by atoms with Crippen molar-refractivity contribution in [3.8, 4) is 0 Å². The fraction of sp³-hybridized carbons (Fsp3) is 0.700. The van der Waals surface area contributed by atoms with Crippen LogP contribution in [-0.2, 0) is 14.4 Å². The number of nitrogens with zero attached hydrogens (tertiary/aromatic N) is 2.